The molecule has 2 aromatic rings. The maximum absolute atomic E-state index is 13.1. The standard InChI is InChI=1S/C23H27NO2S/c1-4-5-6-7-11-18-24(19-21(3)22-12-9-8-10-13-22)27(25,26)23-16-14-20(2)15-17-23/h8-10,12-17H,3-6,18-19H2,1-2H3. The average molecular weight is 382 g/mol. The maximum atomic E-state index is 13.1. The molecule has 2 rings (SSSR count). The molecule has 27 heavy (non-hydrogen) atoms. The van der Waals surface area contributed by atoms with Gasteiger partial charge in [0.05, 0.1) is 11.4 Å². The monoisotopic (exact) mass is 381 g/mol. The first-order valence-corrected chi connectivity index (χ1v) is 10.6. The lowest BCUT2D eigenvalue weighted by molar-refractivity contribution is 0.481. The highest BCUT2D eigenvalue weighted by molar-refractivity contribution is 7.89. The molecule has 0 saturated heterocycles. The van der Waals surface area contributed by atoms with E-state index in [2.05, 4.69) is 25.3 Å². The molecule has 0 aliphatic carbocycles. The van der Waals surface area contributed by atoms with Crippen molar-refractivity contribution in [3.05, 3.63) is 72.3 Å². The molecule has 0 aliphatic rings. The molecule has 0 unspecified atom stereocenters. The van der Waals surface area contributed by atoms with Gasteiger partial charge in [-0.05, 0) is 36.6 Å². The van der Waals surface area contributed by atoms with Gasteiger partial charge in [-0.3, -0.25) is 0 Å². The summed E-state index contributed by atoms with van der Waals surface area (Å²) in [6.07, 6.45) is 2.88. The van der Waals surface area contributed by atoms with Crippen molar-refractivity contribution < 1.29 is 8.42 Å². The molecule has 4 heteroatoms. The minimum absolute atomic E-state index is 0.159. The van der Waals surface area contributed by atoms with E-state index in [1.165, 1.54) is 4.31 Å². The predicted molar refractivity (Wildman–Crippen MR) is 113 cm³/mol. The van der Waals surface area contributed by atoms with E-state index in [0.717, 1.165) is 36.0 Å². The molecule has 0 heterocycles. The van der Waals surface area contributed by atoms with Crippen LogP contribution in [-0.2, 0) is 10.0 Å². The Labute approximate surface area is 163 Å². The lowest BCUT2D eigenvalue weighted by Gasteiger charge is -2.21. The number of rotatable bonds is 8. The summed E-state index contributed by atoms with van der Waals surface area (Å²) >= 11 is 0. The van der Waals surface area contributed by atoms with Crippen molar-refractivity contribution in [2.75, 3.05) is 13.1 Å². The summed E-state index contributed by atoms with van der Waals surface area (Å²) in [5.74, 6) is 6.10. The lowest BCUT2D eigenvalue weighted by atomic mass is 10.1. The number of hydrogen-bond acceptors (Lipinski definition) is 2. The first kappa shape index (κ1) is 21.0. The normalized spacial score (nSPS) is 11.1. The zero-order valence-electron chi connectivity index (χ0n) is 16.1. The van der Waals surface area contributed by atoms with Gasteiger partial charge in [0.25, 0.3) is 0 Å². The second kappa shape index (κ2) is 10.1. The first-order valence-electron chi connectivity index (χ1n) is 9.21. The lowest BCUT2D eigenvalue weighted by Crippen LogP contribution is -2.33. The summed E-state index contributed by atoms with van der Waals surface area (Å²) < 4.78 is 27.7. The molecule has 0 bridgehead atoms. The number of unbranched alkanes of at least 4 members (excludes halogenated alkanes) is 2. The first-order chi connectivity index (χ1) is 12.9. The zero-order chi connectivity index (χ0) is 19.7. The zero-order valence-corrected chi connectivity index (χ0v) is 16.9. The largest absolute Gasteiger partial charge is 0.244 e. The van der Waals surface area contributed by atoms with Crippen LogP contribution in [0.5, 0.6) is 0 Å². The van der Waals surface area contributed by atoms with Crippen LogP contribution in [0, 0.1) is 18.8 Å². The molecule has 0 fully saturated rings. The quantitative estimate of drug-likeness (QED) is 0.482. The van der Waals surface area contributed by atoms with Crippen LogP contribution in [0.15, 0.2) is 66.1 Å². The highest BCUT2D eigenvalue weighted by Gasteiger charge is 2.24. The Bertz CT molecular complexity index is 904. The Morgan fingerprint density at radius 3 is 2.33 bits per heavy atom. The molecule has 0 aliphatic heterocycles. The molecular weight excluding hydrogens is 354 g/mol. The minimum atomic E-state index is -3.64. The van der Waals surface area contributed by atoms with Crippen LogP contribution in [0.25, 0.3) is 5.57 Å². The SMILES string of the molecule is C=C(CN(CC#CCCCC)S(=O)(=O)c1ccc(C)cc1)c1ccccc1. The molecule has 0 N–H and O–H groups in total. The predicted octanol–water partition coefficient (Wildman–Crippen LogP) is 4.89. The van der Waals surface area contributed by atoms with E-state index in [4.69, 9.17) is 0 Å². The van der Waals surface area contributed by atoms with Crippen LogP contribution in [0.4, 0.5) is 0 Å². The van der Waals surface area contributed by atoms with E-state index >= 15 is 0 Å². The van der Waals surface area contributed by atoms with Gasteiger partial charge in [-0.1, -0.05) is 73.9 Å². The van der Waals surface area contributed by atoms with E-state index in [0.29, 0.717) is 0 Å². The van der Waals surface area contributed by atoms with E-state index in [9.17, 15) is 8.42 Å². The number of aryl methyl sites for hydroxylation is 1. The average Bonchev–Trinajstić information content (AvgIpc) is 2.67. The molecule has 0 atom stereocenters. The fourth-order valence-corrected chi connectivity index (χ4v) is 3.90. The minimum Gasteiger partial charge on any atom is -0.207 e. The molecule has 0 radical (unpaired) electrons. The fraction of sp³-hybridized carbons (Fsp3) is 0.304. The second-order valence-corrected chi connectivity index (χ2v) is 8.45. The third kappa shape index (κ3) is 6.09. The second-order valence-electron chi connectivity index (χ2n) is 6.51. The van der Waals surface area contributed by atoms with Crippen molar-refractivity contribution >= 4 is 15.6 Å². The molecule has 2 aromatic carbocycles. The summed E-state index contributed by atoms with van der Waals surface area (Å²) in [4.78, 5) is 0.282. The van der Waals surface area contributed by atoms with Crippen molar-refractivity contribution in [2.45, 2.75) is 38.0 Å². The molecule has 0 saturated carbocycles. The Kier molecular flexibility index (Phi) is 7.84. The number of benzene rings is 2. The summed E-state index contributed by atoms with van der Waals surface area (Å²) in [5.41, 5.74) is 2.70. The van der Waals surface area contributed by atoms with Crippen LogP contribution < -0.4 is 0 Å². The Hall–Kier alpha value is -2.35. The van der Waals surface area contributed by atoms with Crippen molar-refractivity contribution in [2.24, 2.45) is 0 Å². The highest BCUT2D eigenvalue weighted by Crippen LogP contribution is 2.20. The molecule has 0 aromatic heterocycles. The molecule has 142 valence electrons. The van der Waals surface area contributed by atoms with E-state index in [-0.39, 0.29) is 18.0 Å². The molecular formula is C23H27NO2S. The number of nitrogens with zero attached hydrogens (tertiary/aromatic N) is 1. The molecule has 0 spiro atoms. The van der Waals surface area contributed by atoms with Gasteiger partial charge >= 0.3 is 0 Å². The fourth-order valence-electron chi connectivity index (χ4n) is 2.56. The van der Waals surface area contributed by atoms with E-state index in [1.807, 2.05) is 49.4 Å². The molecule has 0 amide bonds. The van der Waals surface area contributed by atoms with Crippen molar-refractivity contribution in [1.29, 1.82) is 0 Å². The van der Waals surface area contributed by atoms with E-state index in [1.54, 1.807) is 12.1 Å². The van der Waals surface area contributed by atoms with Gasteiger partial charge in [0.1, 0.15) is 0 Å². The Balaban J connectivity index is 2.26. The van der Waals surface area contributed by atoms with Gasteiger partial charge < -0.3 is 0 Å². The number of sulfonamides is 1. The Morgan fingerprint density at radius 1 is 1.04 bits per heavy atom. The van der Waals surface area contributed by atoms with Crippen molar-refractivity contribution in [3.8, 4) is 11.8 Å². The molecule has 3 nitrogen and oxygen atoms in total. The number of hydrogen-bond donors (Lipinski definition) is 0. The summed E-state index contributed by atoms with van der Waals surface area (Å²) in [7, 11) is -3.64. The Morgan fingerprint density at radius 2 is 1.70 bits per heavy atom. The van der Waals surface area contributed by atoms with Gasteiger partial charge in [-0.2, -0.15) is 4.31 Å². The van der Waals surface area contributed by atoms with Crippen molar-refractivity contribution in [1.82, 2.24) is 4.31 Å². The highest BCUT2D eigenvalue weighted by atomic mass is 32.2. The van der Waals surface area contributed by atoms with Crippen LogP contribution in [0.3, 0.4) is 0 Å². The summed E-state index contributed by atoms with van der Waals surface area (Å²) in [6, 6.07) is 16.6. The van der Waals surface area contributed by atoms with Crippen LogP contribution in [-0.4, -0.2) is 25.8 Å². The van der Waals surface area contributed by atoms with Gasteiger partial charge in [-0.25, -0.2) is 8.42 Å². The third-order valence-electron chi connectivity index (χ3n) is 4.24. The maximum Gasteiger partial charge on any atom is 0.244 e. The van der Waals surface area contributed by atoms with Crippen LogP contribution in [0.1, 0.15) is 37.3 Å². The summed E-state index contributed by atoms with van der Waals surface area (Å²) in [5, 5.41) is 0. The van der Waals surface area contributed by atoms with Crippen molar-refractivity contribution in [3.63, 3.8) is 0 Å². The van der Waals surface area contributed by atoms with E-state index < -0.39 is 10.0 Å². The van der Waals surface area contributed by atoms with Gasteiger partial charge in [-0.15, -0.1) is 5.92 Å². The topological polar surface area (TPSA) is 37.4 Å². The van der Waals surface area contributed by atoms with Crippen LogP contribution in [0.2, 0.25) is 0 Å². The van der Waals surface area contributed by atoms with Gasteiger partial charge in [0.2, 0.25) is 10.0 Å². The summed E-state index contributed by atoms with van der Waals surface area (Å²) in [6.45, 7) is 8.50. The van der Waals surface area contributed by atoms with Gasteiger partial charge in [0, 0.05) is 13.0 Å². The third-order valence-corrected chi connectivity index (χ3v) is 6.05. The van der Waals surface area contributed by atoms with Gasteiger partial charge in [0.15, 0.2) is 0 Å². The smallest absolute Gasteiger partial charge is 0.207 e. The van der Waals surface area contributed by atoms with Crippen LogP contribution >= 0.6 is 0 Å².